The van der Waals surface area contributed by atoms with E-state index in [4.69, 9.17) is 0 Å². The van der Waals surface area contributed by atoms with Gasteiger partial charge in [-0.25, -0.2) is 0 Å². The molecule has 15 heavy (non-hydrogen) atoms. The molecule has 2 rings (SSSR count). The third-order valence-corrected chi connectivity index (χ3v) is 2.91. The molecule has 0 aromatic carbocycles. The number of carbonyl (C=O) groups excluding carboxylic acids is 1. The first-order chi connectivity index (χ1) is 7.25. The van der Waals surface area contributed by atoms with Gasteiger partial charge in [-0.1, -0.05) is 0 Å². The quantitative estimate of drug-likeness (QED) is 0.726. The monoisotopic (exact) mass is 203 g/mol. The van der Waals surface area contributed by atoms with Crippen molar-refractivity contribution < 1.29 is 4.79 Å². The standard InChI is InChI=1S/C12H15N2O/c1-10(15)14-7-4-12(9-14)8-11-2-5-13-6-3-11/h2-3,5-6,12H,1,4,7-9H2. The Labute approximate surface area is 90.1 Å². The number of hydrogen-bond acceptors (Lipinski definition) is 2. The molecule has 1 unspecified atom stereocenters. The van der Waals surface area contributed by atoms with Crippen LogP contribution < -0.4 is 0 Å². The second-order valence-corrected chi connectivity index (χ2v) is 4.05. The minimum absolute atomic E-state index is 0.0489. The lowest BCUT2D eigenvalue weighted by Gasteiger charge is -2.13. The van der Waals surface area contributed by atoms with Gasteiger partial charge >= 0.3 is 0 Å². The summed E-state index contributed by atoms with van der Waals surface area (Å²) in [6.07, 6.45) is 5.75. The summed E-state index contributed by atoms with van der Waals surface area (Å²) in [4.78, 5) is 16.9. The van der Waals surface area contributed by atoms with Crippen molar-refractivity contribution in [1.82, 2.24) is 9.88 Å². The summed E-state index contributed by atoms with van der Waals surface area (Å²) in [6, 6.07) is 4.07. The zero-order valence-electron chi connectivity index (χ0n) is 8.72. The summed E-state index contributed by atoms with van der Waals surface area (Å²) in [5, 5.41) is 0. The molecule has 79 valence electrons. The van der Waals surface area contributed by atoms with Crippen LogP contribution in [0.5, 0.6) is 0 Å². The van der Waals surface area contributed by atoms with Crippen LogP contribution in [-0.2, 0) is 11.2 Å². The van der Waals surface area contributed by atoms with Crippen LogP contribution in [0.4, 0.5) is 0 Å². The fraction of sp³-hybridized carbons (Fsp3) is 0.417. The topological polar surface area (TPSA) is 33.2 Å². The number of rotatable bonds is 2. The smallest absolute Gasteiger partial charge is 0.223 e. The van der Waals surface area contributed by atoms with Crippen molar-refractivity contribution >= 4 is 5.91 Å². The van der Waals surface area contributed by atoms with Crippen LogP contribution in [0.3, 0.4) is 0 Å². The Hall–Kier alpha value is -1.38. The van der Waals surface area contributed by atoms with Crippen LogP contribution in [0.1, 0.15) is 12.0 Å². The van der Waals surface area contributed by atoms with Crippen LogP contribution in [0.15, 0.2) is 24.5 Å². The molecule has 0 aliphatic carbocycles. The minimum atomic E-state index is -0.0489. The van der Waals surface area contributed by atoms with E-state index >= 15 is 0 Å². The van der Waals surface area contributed by atoms with Crippen LogP contribution in [-0.4, -0.2) is 28.9 Å². The van der Waals surface area contributed by atoms with Crippen molar-refractivity contribution in [1.29, 1.82) is 0 Å². The molecule has 2 heterocycles. The Morgan fingerprint density at radius 1 is 1.53 bits per heavy atom. The second-order valence-electron chi connectivity index (χ2n) is 4.05. The average Bonchev–Trinajstić information content (AvgIpc) is 2.68. The predicted molar refractivity (Wildman–Crippen MR) is 58.0 cm³/mol. The van der Waals surface area contributed by atoms with Crippen LogP contribution in [0, 0.1) is 12.8 Å². The van der Waals surface area contributed by atoms with E-state index in [1.54, 1.807) is 0 Å². The molecule has 1 aromatic heterocycles. The van der Waals surface area contributed by atoms with E-state index < -0.39 is 0 Å². The highest BCUT2D eigenvalue weighted by atomic mass is 16.2. The van der Waals surface area contributed by atoms with E-state index in [0.29, 0.717) is 5.92 Å². The van der Waals surface area contributed by atoms with Crippen molar-refractivity contribution in [2.45, 2.75) is 12.8 Å². The number of pyridine rings is 1. The van der Waals surface area contributed by atoms with E-state index in [-0.39, 0.29) is 5.91 Å². The summed E-state index contributed by atoms with van der Waals surface area (Å²) >= 11 is 0. The minimum Gasteiger partial charge on any atom is -0.342 e. The van der Waals surface area contributed by atoms with Gasteiger partial charge in [0.1, 0.15) is 0 Å². The number of hydrogen-bond donors (Lipinski definition) is 0. The van der Waals surface area contributed by atoms with Gasteiger partial charge in [-0.3, -0.25) is 9.78 Å². The molecule has 1 aromatic rings. The normalized spacial score (nSPS) is 20.6. The summed E-state index contributed by atoms with van der Waals surface area (Å²) in [7, 11) is 0. The molecular formula is C12H15N2O. The second kappa shape index (κ2) is 4.43. The summed E-state index contributed by atoms with van der Waals surface area (Å²) in [5.41, 5.74) is 1.30. The van der Waals surface area contributed by atoms with Gasteiger partial charge in [0.25, 0.3) is 0 Å². The summed E-state index contributed by atoms with van der Waals surface area (Å²) < 4.78 is 0. The highest BCUT2D eigenvalue weighted by Gasteiger charge is 2.23. The fourth-order valence-electron chi connectivity index (χ4n) is 2.08. The zero-order chi connectivity index (χ0) is 10.7. The van der Waals surface area contributed by atoms with Gasteiger partial charge in [0.15, 0.2) is 0 Å². The Morgan fingerprint density at radius 2 is 2.27 bits per heavy atom. The molecule has 1 aliphatic heterocycles. The molecule has 1 saturated heterocycles. The Balaban J connectivity index is 1.90. The fourth-order valence-corrected chi connectivity index (χ4v) is 2.08. The molecule has 0 spiro atoms. The van der Waals surface area contributed by atoms with Gasteiger partial charge in [-0.05, 0) is 36.5 Å². The maximum absolute atomic E-state index is 11.0. The van der Waals surface area contributed by atoms with Gasteiger partial charge in [0, 0.05) is 32.4 Å². The molecule has 0 bridgehead atoms. The molecule has 3 nitrogen and oxygen atoms in total. The van der Waals surface area contributed by atoms with E-state index in [9.17, 15) is 4.79 Å². The zero-order valence-corrected chi connectivity index (χ0v) is 8.72. The maximum atomic E-state index is 11.0. The van der Waals surface area contributed by atoms with Crippen molar-refractivity contribution in [3.8, 4) is 0 Å². The number of aromatic nitrogens is 1. The molecule has 1 aliphatic rings. The highest BCUT2D eigenvalue weighted by molar-refractivity contribution is 5.80. The lowest BCUT2D eigenvalue weighted by Crippen LogP contribution is -2.26. The van der Waals surface area contributed by atoms with Crippen molar-refractivity contribution in [3.63, 3.8) is 0 Å². The number of carbonyl (C=O) groups is 1. The van der Waals surface area contributed by atoms with E-state index in [1.165, 1.54) is 5.56 Å². The lowest BCUT2D eigenvalue weighted by atomic mass is 10.00. The average molecular weight is 203 g/mol. The van der Waals surface area contributed by atoms with Gasteiger partial charge in [0.2, 0.25) is 5.91 Å². The van der Waals surface area contributed by atoms with E-state index in [1.807, 2.05) is 29.4 Å². The van der Waals surface area contributed by atoms with Gasteiger partial charge in [-0.15, -0.1) is 0 Å². The lowest BCUT2D eigenvalue weighted by molar-refractivity contribution is -0.125. The third kappa shape index (κ3) is 2.55. The molecule has 0 N–H and O–H groups in total. The maximum Gasteiger partial charge on any atom is 0.223 e. The number of likely N-dealkylation sites (tertiary alicyclic amines) is 1. The Bertz CT molecular complexity index is 337. The largest absolute Gasteiger partial charge is 0.342 e. The Kier molecular flexibility index (Phi) is 2.99. The molecular weight excluding hydrogens is 188 g/mol. The van der Waals surface area contributed by atoms with Crippen molar-refractivity contribution in [2.24, 2.45) is 5.92 Å². The Morgan fingerprint density at radius 3 is 2.87 bits per heavy atom. The SMILES string of the molecule is [CH2]C(=O)N1CCC(Cc2ccncc2)C1. The molecule has 3 heteroatoms. The van der Waals surface area contributed by atoms with E-state index in [2.05, 4.69) is 11.9 Å². The summed E-state index contributed by atoms with van der Waals surface area (Å²) in [5.74, 6) is 0.533. The number of nitrogens with zero attached hydrogens (tertiary/aromatic N) is 2. The van der Waals surface area contributed by atoms with Crippen molar-refractivity contribution in [2.75, 3.05) is 13.1 Å². The van der Waals surface area contributed by atoms with Gasteiger partial charge < -0.3 is 4.90 Å². The highest BCUT2D eigenvalue weighted by Crippen LogP contribution is 2.20. The first kappa shape index (κ1) is 10.1. The van der Waals surface area contributed by atoms with Gasteiger partial charge in [-0.2, -0.15) is 0 Å². The van der Waals surface area contributed by atoms with Crippen LogP contribution in [0.2, 0.25) is 0 Å². The van der Waals surface area contributed by atoms with Crippen LogP contribution >= 0.6 is 0 Å². The molecule has 1 atom stereocenters. The molecule has 1 fully saturated rings. The first-order valence-corrected chi connectivity index (χ1v) is 5.25. The molecule has 0 saturated carbocycles. The molecule has 1 amide bonds. The van der Waals surface area contributed by atoms with Crippen molar-refractivity contribution in [3.05, 3.63) is 37.0 Å². The van der Waals surface area contributed by atoms with Gasteiger partial charge in [0.05, 0.1) is 0 Å². The molecule has 1 radical (unpaired) electrons. The van der Waals surface area contributed by atoms with Crippen LogP contribution in [0.25, 0.3) is 0 Å². The number of amides is 1. The van der Waals surface area contributed by atoms with E-state index in [0.717, 1.165) is 25.9 Å². The summed E-state index contributed by atoms with van der Waals surface area (Å²) in [6.45, 7) is 5.15. The predicted octanol–water partition coefficient (Wildman–Crippen LogP) is 1.31. The third-order valence-electron chi connectivity index (χ3n) is 2.91. The first-order valence-electron chi connectivity index (χ1n) is 5.25.